The molecule has 0 saturated heterocycles. The molecule has 1 heterocycles. The highest BCUT2D eigenvalue weighted by Gasteiger charge is 2.11. The van der Waals surface area contributed by atoms with Crippen LogP contribution >= 0.6 is 0 Å². The van der Waals surface area contributed by atoms with E-state index >= 15 is 0 Å². The van der Waals surface area contributed by atoms with E-state index in [-0.39, 0.29) is 0 Å². The van der Waals surface area contributed by atoms with Crippen molar-refractivity contribution in [2.45, 2.75) is 26.2 Å². The van der Waals surface area contributed by atoms with Crippen LogP contribution in [0.25, 0.3) is 11.1 Å². The van der Waals surface area contributed by atoms with Crippen LogP contribution in [-0.2, 0) is 0 Å². The molecule has 80 valence electrons. The summed E-state index contributed by atoms with van der Waals surface area (Å²) >= 11 is 0. The summed E-state index contributed by atoms with van der Waals surface area (Å²) < 4.78 is 10.8. The molecule has 1 aromatic carbocycles. The van der Waals surface area contributed by atoms with Gasteiger partial charge in [-0.2, -0.15) is 0 Å². The molecule has 0 radical (unpaired) electrons. The first-order chi connectivity index (χ1) is 7.24. The molecule has 0 aliphatic heterocycles. The van der Waals surface area contributed by atoms with Crippen LogP contribution in [0.2, 0.25) is 0 Å². The van der Waals surface area contributed by atoms with Gasteiger partial charge in [0, 0.05) is 12.0 Å². The molecular weight excluding hydrogens is 190 g/mol. The molecule has 1 unspecified atom stereocenters. The number of hydrogen-bond acceptors (Lipinski definition) is 3. The van der Waals surface area contributed by atoms with E-state index in [0.717, 1.165) is 29.2 Å². The molecule has 0 fully saturated rings. The van der Waals surface area contributed by atoms with Crippen LogP contribution in [0, 0.1) is 0 Å². The highest BCUT2D eigenvalue weighted by atomic mass is 16.5. The smallest absolute Gasteiger partial charge is 0.198 e. The third-order valence-corrected chi connectivity index (χ3v) is 2.65. The largest absolute Gasteiger partial charge is 0.497 e. The zero-order chi connectivity index (χ0) is 10.8. The average Bonchev–Trinajstić information content (AvgIpc) is 2.70. The maximum Gasteiger partial charge on any atom is 0.198 e. The summed E-state index contributed by atoms with van der Waals surface area (Å²) in [4.78, 5) is 4.45. The van der Waals surface area contributed by atoms with Crippen LogP contribution in [0.5, 0.6) is 5.75 Å². The van der Waals surface area contributed by atoms with E-state index in [9.17, 15) is 0 Å². The monoisotopic (exact) mass is 205 g/mol. The topological polar surface area (TPSA) is 35.3 Å². The number of nitrogens with zero attached hydrogens (tertiary/aromatic N) is 1. The van der Waals surface area contributed by atoms with Crippen LogP contribution in [0.4, 0.5) is 0 Å². The Morgan fingerprint density at radius 2 is 2.27 bits per heavy atom. The van der Waals surface area contributed by atoms with Crippen molar-refractivity contribution >= 4 is 11.1 Å². The van der Waals surface area contributed by atoms with E-state index < -0.39 is 0 Å². The van der Waals surface area contributed by atoms with Gasteiger partial charge in [0.05, 0.1) is 7.11 Å². The van der Waals surface area contributed by atoms with Crippen molar-refractivity contribution in [3.63, 3.8) is 0 Å². The molecule has 0 N–H and O–H groups in total. The summed E-state index contributed by atoms with van der Waals surface area (Å²) in [7, 11) is 1.65. The molecular formula is C12H15NO2. The standard InChI is InChI=1S/C12H15NO2/c1-4-8(2)12-13-10-7-9(14-3)5-6-11(10)15-12/h5-8H,4H2,1-3H3. The summed E-state index contributed by atoms with van der Waals surface area (Å²) in [5, 5.41) is 0. The molecule has 0 bridgehead atoms. The third-order valence-electron chi connectivity index (χ3n) is 2.65. The second kappa shape index (κ2) is 3.93. The normalized spacial score (nSPS) is 13.0. The molecule has 0 aliphatic carbocycles. The van der Waals surface area contributed by atoms with E-state index in [4.69, 9.17) is 9.15 Å². The number of fused-ring (bicyclic) bond motifs is 1. The highest BCUT2D eigenvalue weighted by molar-refractivity contribution is 5.74. The first kappa shape index (κ1) is 10.0. The van der Waals surface area contributed by atoms with Gasteiger partial charge in [0.25, 0.3) is 0 Å². The zero-order valence-electron chi connectivity index (χ0n) is 9.28. The Bertz CT molecular complexity index is 462. The molecule has 1 aromatic heterocycles. The third kappa shape index (κ3) is 1.82. The Hall–Kier alpha value is -1.51. The van der Waals surface area contributed by atoms with Crippen LogP contribution in [-0.4, -0.2) is 12.1 Å². The SMILES string of the molecule is CCC(C)c1nc2cc(OC)ccc2o1. The number of oxazole rings is 1. The molecule has 0 saturated carbocycles. The molecule has 0 spiro atoms. The average molecular weight is 205 g/mol. The molecule has 3 heteroatoms. The predicted molar refractivity (Wildman–Crippen MR) is 59.3 cm³/mol. The van der Waals surface area contributed by atoms with Gasteiger partial charge in [0.15, 0.2) is 11.5 Å². The van der Waals surface area contributed by atoms with Gasteiger partial charge in [-0.05, 0) is 18.6 Å². The van der Waals surface area contributed by atoms with E-state index in [2.05, 4.69) is 18.8 Å². The van der Waals surface area contributed by atoms with E-state index in [0.29, 0.717) is 5.92 Å². The van der Waals surface area contributed by atoms with Gasteiger partial charge in [0.2, 0.25) is 0 Å². The summed E-state index contributed by atoms with van der Waals surface area (Å²) in [6.45, 7) is 4.24. The fraction of sp³-hybridized carbons (Fsp3) is 0.417. The first-order valence-corrected chi connectivity index (χ1v) is 5.19. The van der Waals surface area contributed by atoms with Crippen LogP contribution in [0.3, 0.4) is 0 Å². The van der Waals surface area contributed by atoms with Crippen LogP contribution in [0.1, 0.15) is 32.1 Å². The second-order valence-electron chi connectivity index (χ2n) is 3.70. The Labute approximate surface area is 89.1 Å². The quantitative estimate of drug-likeness (QED) is 0.770. The molecule has 0 aliphatic rings. The summed E-state index contributed by atoms with van der Waals surface area (Å²) in [6, 6.07) is 5.67. The van der Waals surface area contributed by atoms with E-state index in [1.54, 1.807) is 7.11 Å². The number of ether oxygens (including phenoxy) is 1. The molecule has 1 atom stereocenters. The van der Waals surface area contributed by atoms with Crippen LogP contribution in [0.15, 0.2) is 22.6 Å². The van der Waals surface area contributed by atoms with Gasteiger partial charge in [0.1, 0.15) is 11.3 Å². The predicted octanol–water partition coefficient (Wildman–Crippen LogP) is 3.35. The Morgan fingerprint density at radius 1 is 1.47 bits per heavy atom. The Kier molecular flexibility index (Phi) is 2.62. The van der Waals surface area contributed by atoms with Gasteiger partial charge in [-0.3, -0.25) is 0 Å². The number of benzene rings is 1. The van der Waals surface area contributed by atoms with Crippen molar-refractivity contribution in [1.82, 2.24) is 4.98 Å². The lowest BCUT2D eigenvalue weighted by molar-refractivity contribution is 0.415. The minimum atomic E-state index is 0.364. The minimum Gasteiger partial charge on any atom is -0.497 e. The number of aromatic nitrogens is 1. The molecule has 0 amide bonds. The molecule has 3 nitrogen and oxygen atoms in total. The molecule has 15 heavy (non-hydrogen) atoms. The fourth-order valence-corrected chi connectivity index (χ4v) is 1.44. The van der Waals surface area contributed by atoms with Crippen molar-refractivity contribution in [2.24, 2.45) is 0 Å². The van der Waals surface area contributed by atoms with Crippen molar-refractivity contribution in [3.05, 3.63) is 24.1 Å². The zero-order valence-corrected chi connectivity index (χ0v) is 9.28. The highest BCUT2D eigenvalue weighted by Crippen LogP contribution is 2.25. The molecule has 2 aromatic rings. The minimum absolute atomic E-state index is 0.364. The number of hydrogen-bond donors (Lipinski definition) is 0. The van der Waals surface area contributed by atoms with E-state index in [1.165, 1.54) is 0 Å². The van der Waals surface area contributed by atoms with Gasteiger partial charge in [-0.1, -0.05) is 13.8 Å². The Balaban J connectivity index is 2.46. The van der Waals surface area contributed by atoms with Crippen molar-refractivity contribution in [3.8, 4) is 5.75 Å². The molecule has 2 rings (SSSR count). The van der Waals surface area contributed by atoms with Crippen LogP contribution < -0.4 is 4.74 Å². The summed E-state index contributed by atoms with van der Waals surface area (Å²) in [6.07, 6.45) is 1.03. The van der Waals surface area contributed by atoms with Crippen molar-refractivity contribution < 1.29 is 9.15 Å². The van der Waals surface area contributed by atoms with Gasteiger partial charge in [-0.15, -0.1) is 0 Å². The lowest BCUT2D eigenvalue weighted by atomic mass is 10.1. The summed E-state index contributed by atoms with van der Waals surface area (Å²) in [5.74, 6) is 1.98. The van der Waals surface area contributed by atoms with Crippen molar-refractivity contribution in [2.75, 3.05) is 7.11 Å². The lowest BCUT2D eigenvalue weighted by Crippen LogP contribution is -1.89. The maximum absolute atomic E-state index is 5.65. The van der Waals surface area contributed by atoms with Gasteiger partial charge >= 0.3 is 0 Å². The Morgan fingerprint density at radius 3 is 2.93 bits per heavy atom. The number of rotatable bonds is 3. The van der Waals surface area contributed by atoms with Gasteiger partial charge in [-0.25, -0.2) is 4.98 Å². The van der Waals surface area contributed by atoms with Gasteiger partial charge < -0.3 is 9.15 Å². The fourth-order valence-electron chi connectivity index (χ4n) is 1.44. The maximum atomic E-state index is 5.65. The second-order valence-corrected chi connectivity index (χ2v) is 3.70. The summed E-state index contributed by atoms with van der Waals surface area (Å²) in [5.41, 5.74) is 1.69. The number of methoxy groups -OCH3 is 1. The van der Waals surface area contributed by atoms with E-state index in [1.807, 2.05) is 18.2 Å². The first-order valence-electron chi connectivity index (χ1n) is 5.19. The van der Waals surface area contributed by atoms with Crippen molar-refractivity contribution in [1.29, 1.82) is 0 Å². The lowest BCUT2D eigenvalue weighted by Gasteiger charge is -1.99.